The first-order valence-electron chi connectivity index (χ1n) is 13.2. The molecule has 3 aromatic heterocycles. The first-order chi connectivity index (χ1) is 18.1. The van der Waals surface area contributed by atoms with Gasteiger partial charge in [-0.15, -0.1) is 0 Å². The van der Waals surface area contributed by atoms with Gasteiger partial charge in [-0.1, -0.05) is 6.92 Å². The Kier molecular flexibility index (Phi) is 9.81. The smallest absolute Gasteiger partial charge is 0.293 e. The fraction of sp³-hybridized carbons (Fsp3) is 0.556. The maximum Gasteiger partial charge on any atom is 0.293 e. The maximum atomic E-state index is 13.5. The molecule has 1 aliphatic heterocycles. The van der Waals surface area contributed by atoms with Gasteiger partial charge in [-0.2, -0.15) is 0 Å². The van der Waals surface area contributed by atoms with E-state index >= 15 is 0 Å². The van der Waals surface area contributed by atoms with Crippen molar-refractivity contribution >= 4 is 17.0 Å². The van der Waals surface area contributed by atoms with Crippen molar-refractivity contribution < 1.29 is 14.2 Å². The van der Waals surface area contributed by atoms with Crippen molar-refractivity contribution in [3.05, 3.63) is 40.9 Å². The van der Waals surface area contributed by atoms with Crippen molar-refractivity contribution in [1.29, 1.82) is 0 Å². The van der Waals surface area contributed by atoms with E-state index in [4.69, 9.17) is 14.2 Å². The highest BCUT2D eigenvalue weighted by Gasteiger charge is 2.20. The molecule has 0 amide bonds. The number of hydrogen-bond donors (Lipinski definition) is 1. The third kappa shape index (κ3) is 7.03. The molecule has 37 heavy (non-hydrogen) atoms. The Morgan fingerprint density at radius 1 is 1.11 bits per heavy atom. The normalized spacial score (nSPS) is 16.2. The van der Waals surface area contributed by atoms with Crippen LogP contribution in [-0.2, 0) is 16.0 Å². The Balaban J connectivity index is 1.55. The molecule has 0 saturated carbocycles. The fourth-order valence-electron chi connectivity index (χ4n) is 4.61. The van der Waals surface area contributed by atoms with Crippen molar-refractivity contribution in [3.63, 3.8) is 0 Å². The van der Waals surface area contributed by atoms with Gasteiger partial charge < -0.3 is 19.5 Å². The Bertz CT molecular complexity index is 1200. The van der Waals surface area contributed by atoms with Crippen LogP contribution in [0.1, 0.15) is 33.1 Å². The van der Waals surface area contributed by atoms with Crippen LogP contribution in [0.25, 0.3) is 22.3 Å². The van der Waals surface area contributed by atoms with E-state index in [1.807, 2.05) is 19.1 Å². The zero-order chi connectivity index (χ0) is 26.0. The molecule has 1 N–H and O–H groups in total. The van der Waals surface area contributed by atoms with Crippen molar-refractivity contribution in [3.8, 4) is 17.0 Å². The van der Waals surface area contributed by atoms with Gasteiger partial charge in [0.05, 0.1) is 25.3 Å². The van der Waals surface area contributed by atoms with Crippen LogP contribution in [0, 0.1) is 0 Å². The van der Waals surface area contributed by atoms with Crippen LogP contribution < -0.4 is 15.6 Å². The number of nitrogens with zero attached hydrogens (tertiary/aromatic N) is 5. The molecule has 4 heterocycles. The second-order valence-electron chi connectivity index (χ2n) is 9.13. The predicted molar refractivity (Wildman–Crippen MR) is 144 cm³/mol. The molecule has 1 aliphatic rings. The van der Waals surface area contributed by atoms with E-state index in [0.717, 1.165) is 56.6 Å². The summed E-state index contributed by atoms with van der Waals surface area (Å²) >= 11 is 0. The van der Waals surface area contributed by atoms with Gasteiger partial charge in [-0.3, -0.25) is 14.3 Å². The van der Waals surface area contributed by atoms with Gasteiger partial charge in [0, 0.05) is 69.0 Å². The van der Waals surface area contributed by atoms with Crippen molar-refractivity contribution in [1.82, 2.24) is 24.4 Å². The molecular weight excluding hydrogens is 472 g/mol. The van der Waals surface area contributed by atoms with E-state index in [2.05, 4.69) is 32.1 Å². The standard InChI is InChI=1S/C27H38N6O4/c1-4-14-36-15-13-33-23-16-21(20-8-9-24(35-3)29-17-20)18-30-25(23)31-26(27(33)34)28-10-12-32-11-6-7-22(19-32)37-5-2/h8-9,16-18,22H,4-7,10-15,19H2,1-3H3,(H,28,30,31)/t22-/m0/s1. The van der Waals surface area contributed by atoms with Crippen molar-refractivity contribution in [2.24, 2.45) is 0 Å². The second kappa shape index (κ2) is 13.5. The number of likely N-dealkylation sites (tertiary alicyclic amines) is 1. The Morgan fingerprint density at radius 3 is 2.73 bits per heavy atom. The van der Waals surface area contributed by atoms with E-state index in [9.17, 15) is 4.79 Å². The van der Waals surface area contributed by atoms with E-state index in [1.165, 1.54) is 0 Å². The first-order valence-corrected chi connectivity index (χ1v) is 13.2. The average molecular weight is 511 g/mol. The lowest BCUT2D eigenvalue weighted by Crippen LogP contribution is -2.42. The molecule has 0 aromatic carbocycles. The number of ether oxygens (including phenoxy) is 3. The SMILES string of the molecule is CCCOCCn1c(=O)c(NCCN2CCC[C@H](OCC)C2)nc2ncc(-c3ccc(OC)nc3)cc21. The predicted octanol–water partition coefficient (Wildman–Crippen LogP) is 3.20. The monoisotopic (exact) mass is 510 g/mol. The molecule has 1 fully saturated rings. The fourth-order valence-corrected chi connectivity index (χ4v) is 4.61. The van der Waals surface area contributed by atoms with Gasteiger partial charge >= 0.3 is 0 Å². The molecule has 0 bridgehead atoms. The molecule has 0 aliphatic carbocycles. The summed E-state index contributed by atoms with van der Waals surface area (Å²) in [5.41, 5.74) is 2.73. The van der Waals surface area contributed by atoms with E-state index in [1.54, 1.807) is 30.1 Å². The number of hydrogen-bond acceptors (Lipinski definition) is 9. The largest absolute Gasteiger partial charge is 0.481 e. The summed E-state index contributed by atoms with van der Waals surface area (Å²) in [6, 6.07) is 5.66. The average Bonchev–Trinajstić information content (AvgIpc) is 2.93. The molecule has 0 spiro atoms. The zero-order valence-electron chi connectivity index (χ0n) is 22.1. The van der Waals surface area contributed by atoms with Gasteiger partial charge in [-0.05, 0) is 44.9 Å². The number of rotatable bonds is 13. The van der Waals surface area contributed by atoms with Gasteiger partial charge in [0.25, 0.3) is 5.56 Å². The van der Waals surface area contributed by atoms with Gasteiger partial charge in [0.1, 0.15) is 0 Å². The van der Waals surface area contributed by atoms with Crippen LogP contribution in [0.3, 0.4) is 0 Å². The quantitative estimate of drug-likeness (QED) is 0.347. The maximum absolute atomic E-state index is 13.5. The summed E-state index contributed by atoms with van der Waals surface area (Å²) in [7, 11) is 1.58. The number of anilines is 1. The number of fused-ring (bicyclic) bond motifs is 1. The molecule has 0 radical (unpaired) electrons. The van der Waals surface area contributed by atoms with Crippen molar-refractivity contribution in [2.45, 2.75) is 45.8 Å². The molecular formula is C27H38N6O4. The number of methoxy groups -OCH3 is 1. The number of aromatic nitrogens is 4. The number of nitrogens with one attached hydrogen (secondary N) is 1. The van der Waals surface area contributed by atoms with Crippen LogP contribution >= 0.6 is 0 Å². The molecule has 4 rings (SSSR count). The summed E-state index contributed by atoms with van der Waals surface area (Å²) < 4.78 is 18.4. The third-order valence-electron chi connectivity index (χ3n) is 6.48. The number of piperidine rings is 1. The Hall–Kier alpha value is -3.08. The highest BCUT2D eigenvalue weighted by molar-refractivity contribution is 5.78. The lowest BCUT2D eigenvalue weighted by molar-refractivity contribution is 0.00715. The van der Waals surface area contributed by atoms with Crippen LogP contribution in [0.15, 0.2) is 35.4 Å². The summed E-state index contributed by atoms with van der Waals surface area (Å²) in [5, 5.41) is 3.27. The summed E-state index contributed by atoms with van der Waals surface area (Å²) in [5.74, 6) is 0.852. The lowest BCUT2D eigenvalue weighted by atomic mass is 10.1. The van der Waals surface area contributed by atoms with Crippen molar-refractivity contribution in [2.75, 3.05) is 58.4 Å². The first kappa shape index (κ1) is 27.0. The summed E-state index contributed by atoms with van der Waals surface area (Å²) in [4.78, 5) is 29.3. The third-order valence-corrected chi connectivity index (χ3v) is 6.48. The summed E-state index contributed by atoms with van der Waals surface area (Å²) in [6.07, 6.45) is 6.93. The highest BCUT2D eigenvalue weighted by Crippen LogP contribution is 2.23. The second-order valence-corrected chi connectivity index (χ2v) is 9.13. The van der Waals surface area contributed by atoms with Crippen LogP contribution in [-0.4, -0.2) is 83.6 Å². The molecule has 3 aromatic rings. The molecule has 0 unspecified atom stereocenters. The molecule has 1 atom stereocenters. The van der Waals surface area contributed by atoms with Gasteiger partial charge in [0.2, 0.25) is 5.88 Å². The van der Waals surface area contributed by atoms with Crippen LogP contribution in [0.5, 0.6) is 5.88 Å². The Morgan fingerprint density at radius 2 is 1.97 bits per heavy atom. The van der Waals surface area contributed by atoms with E-state index < -0.39 is 0 Å². The zero-order valence-corrected chi connectivity index (χ0v) is 22.1. The topological polar surface area (TPSA) is 104 Å². The minimum Gasteiger partial charge on any atom is -0.481 e. The van der Waals surface area contributed by atoms with Gasteiger partial charge in [-0.25, -0.2) is 15.0 Å². The van der Waals surface area contributed by atoms with Gasteiger partial charge in [0.15, 0.2) is 11.5 Å². The summed E-state index contributed by atoms with van der Waals surface area (Å²) in [6.45, 7) is 9.75. The lowest BCUT2D eigenvalue weighted by Gasteiger charge is -2.32. The van der Waals surface area contributed by atoms with E-state index in [-0.39, 0.29) is 11.7 Å². The minimum atomic E-state index is -0.176. The molecule has 1 saturated heterocycles. The van der Waals surface area contributed by atoms with E-state index in [0.29, 0.717) is 49.2 Å². The van der Waals surface area contributed by atoms with Crippen LogP contribution in [0.4, 0.5) is 5.82 Å². The molecule has 200 valence electrons. The minimum absolute atomic E-state index is 0.176. The highest BCUT2D eigenvalue weighted by atomic mass is 16.5. The number of pyridine rings is 2. The Labute approximate surface area is 218 Å². The molecule has 10 nitrogen and oxygen atoms in total. The molecule has 10 heteroatoms. The van der Waals surface area contributed by atoms with Crippen LogP contribution in [0.2, 0.25) is 0 Å².